The summed E-state index contributed by atoms with van der Waals surface area (Å²) in [5, 5.41) is 7.04. The highest BCUT2D eigenvalue weighted by Gasteiger charge is 2.18. The van der Waals surface area contributed by atoms with Gasteiger partial charge in [-0.2, -0.15) is 11.8 Å². The SMILES string of the molecule is CSC(C)(C)CN=C(NCCc1ccco1)NC1CCCC1. The number of thioether (sulfide) groups is 1. The molecule has 0 radical (unpaired) electrons. The van der Waals surface area contributed by atoms with Gasteiger partial charge in [0.25, 0.3) is 0 Å². The summed E-state index contributed by atoms with van der Waals surface area (Å²) in [6.45, 7) is 6.12. The van der Waals surface area contributed by atoms with Gasteiger partial charge in [-0.25, -0.2) is 0 Å². The molecule has 5 heteroatoms. The van der Waals surface area contributed by atoms with Crippen LogP contribution in [0.25, 0.3) is 0 Å². The second kappa shape index (κ2) is 8.51. The number of furan rings is 1. The lowest BCUT2D eigenvalue weighted by molar-refractivity contribution is 0.505. The van der Waals surface area contributed by atoms with Crippen LogP contribution in [0.1, 0.15) is 45.3 Å². The van der Waals surface area contributed by atoms with Crippen LogP contribution in [0.5, 0.6) is 0 Å². The van der Waals surface area contributed by atoms with Gasteiger partial charge >= 0.3 is 0 Å². The minimum Gasteiger partial charge on any atom is -0.469 e. The molecule has 0 aliphatic heterocycles. The molecule has 0 amide bonds. The molecule has 1 aromatic heterocycles. The van der Waals surface area contributed by atoms with Crippen molar-refractivity contribution < 1.29 is 4.42 Å². The molecule has 1 aromatic rings. The van der Waals surface area contributed by atoms with E-state index < -0.39 is 0 Å². The minimum atomic E-state index is 0.172. The fourth-order valence-electron chi connectivity index (χ4n) is 2.51. The molecule has 22 heavy (non-hydrogen) atoms. The molecule has 4 nitrogen and oxygen atoms in total. The van der Waals surface area contributed by atoms with E-state index in [9.17, 15) is 0 Å². The van der Waals surface area contributed by atoms with Gasteiger partial charge in [0.05, 0.1) is 12.8 Å². The number of nitrogens with one attached hydrogen (secondary N) is 2. The Morgan fingerprint density at radius 2 is 2.18 bits per heavy atom. The minimum absolute atomic E-state index is 0.172. The van der Waals surface area contributed by atoms with Gasteiger partial charge in [-0.1, -0.05) is 12.8 Å². The normalized spacial score (nSPS) is 17.0. The quantitative estimate of drug-likeness (QED) is 0.596. The van der Waals surface area contributed by atoms with Gasteiger partial charge in [-0.3, -0.25) is 4.99 Å². The van der Waals surface area contributed by atoms with Crippen molar-refractivity contribution in [1.82, 2.24) is 10.6 Å². The first-order chi connectivity index (χ1) is 10.6. The summed E-state index contributed by atoms with van der Waals surface area (Å²) in [6.07, 6.45) is 9.91. The van der Waals surface area contributed by atoms with Crippen molar-refractivity contribution in [3.8, 4) is 0 Å². The van der Waals surface area contributed by atoms with Crippen molar-refractivity contribution in [3.05, 3.63) is 24.2 Å². The number of hydrogen-bond donors (Lipinski definition) is 2. The molecular weight excluding hydrogens is 294 g/mol. The molecule has 0 aromatic carbocycles. The lowest BCUT2D eigenvalue weighted by Gasteiger charge is -2.22. The fraction of sp³-hybridized carbons (Fsp3) is 0.706. The van der Waals surface area contributed by atoms with Crippen LogP contribution in [-0.2, 0) is 6.42 Å². The Morgan fingerprint density at radius 3 is 2.82 bits per heavy atom. The van der Waals surface area contributed by atoms with Crippen LogP contribution in [0.2, 0.25) is 0 Å². The molecule has 1 aliphatic rings. The molecule has 0 atom stereocenters. The third-order valence-electron chi connectivity index (χ3n) is 4.11. The van der Waals surface area contributed by atoms with Gasteiger partial charge < -0.3 is 15.1 Å². The van der Waals surface area contributed by atoms with Gasteiger partial charge in [-0.05, 0) is 45.1 Å². The predicted molar refractivity (Wildman–Crippen MR) is 95.7 cm³/mol. The van der Waals surface area contributed by atoms with Gasteiger partial charge in [0.2, 0.25) is 0 Å². The average molecular weight is 324 g/mol. The Kier molecular flexibility index (Phi) is 6.68. The van der Waals surface area contributed by atoms with Crippen LogP contribution < -0.4 is 10.6 Å². The maximum Gasteiger partial charge on any atom is 0.191 e. The van der Waals surface area contributed by atoms with Crippen LogP contribution in [0.4, 0.5) is 0 Å². The number of nitrogens with zero attached hydrogens (tertiary/aromatic N) is 1. The molecule has 0 bridgehead atoms. The summed E-state index contributed by atoms with van der Waals surface area (Å²) in [7, 11) is 0. The number of hydrogen-bond acceptors (Lipinski definition) is 3. The van der Waals surface area contributed by atoms with E-state index >= 15 is 0 Å². The summed E-state index contributed by atoms with van der Waals surface area (Å²) < 4.78 is 5.55. The predicted octanol–water partition coefficient (Wildman–Crippen LogP) is 3.44. The van der Waals surface area contributed by atoms with Crippen molar-refractivity contribution in [2.75, 3.05) is 19.3 Å². The van der Waals surface area contributed by atoms with Crippen LogP contribution in [0.3, 0.4) is 0 Å². The number of rotatable bonds is 7. The Bertz CT molecular complexity index is 450. The number of aliphatic imine (C=N–C) groups is 1. The van der Waals surface area contributed by atoms with E-state index in [-0.39, 0.29) is 4.75 Å². The first kappa shape index (κ1) is 17.3. The lowest BCUT2D eigenvalue weighted by atomic mass is 10.2. The van der Waals surface area contributed by atoms with E-state index in [0.717, 1.165) is 31.2 Å². The van der Waals surface area contributed by atoms with Gasteiger partial charge in [0.15, 0.2) is 5.96 Å². The third kappa shape index (κ3) is 5.95. The topological polar surface area (TPSA) is 49.6 Å². The fourth-order valence-corrected chi connectivity index (χ4v) is 2.70. The van der Waals surface area contributed by atoms with E-state index in [1.54, 1.807) is 6.26 Å². The van der Waals surface area contributed by atoms with Crippen LogP contribution in [0, 0.1) is 0 Å². The zero-order chi connectivity index (χ0) is 15.8. The van der Waals surface area contributed by atoms with E-state index in [4.69, 9.17) is 9.41 Å². The Hall–Kier alpha value is -1.10. The summed E-state index contributed by atoms with van der Waals surface area (Å²) in [5.41, 5.74) is 0. The van der Waals surface area contributed by atoms with Gasteiger partial charge in [-0.15, -0.1) is 0 Å². The van der Waals surface area contributed by atoms with Crippen molar-refractivity contribution in [3.63, 3.8) is 0 Å². The summed E-state index contributed by atoms with van der Waals surface area (Å²) in [4.78, 5) is 4.79. The molecule has 1 heterocycles. The highest BCUT2D eigenvalue weighted by atomic mass is 32.2. The monoisotopic (exact) mass is 323 g/mol. The standard InChI is InChI=1S/C17H29N3OS/c1-17(2,22-3)13-19-16(20-14-7-4-5-8-14)18-11-10-15-9-6-12-21-15/h6,9,12,14H,4-5,7-8,10-11,13H2,1-3H3,(H2,18,19,20). The molecule has 0 unspecified atom stereocenters. The van der Waals surface area contributed by atoms with E-state index in [2.05, 4.69) is 30.7 Å². The summed E-state index contributed by atoms with van der Waals surface area (Å²) in [6, 6.07) is 4.52. The Labute approximate surface area is 138 Å². The molecule has 2 rings (SSSR count). The van der Waals surface area contributed by atoms with Crippen LogP contribution in [-0.4, -0.2) is 36.1 Å². The van der Waals surface area contributed by atoms with Crippen molar-refractivity contribution in [2.24, 2.45) is 4.99 Å². The van der Waals surface area contributed by atoms with E-state index in [0.29, 0.717) is 6.04 Å². The first-order valence-electron chi connectivity index (χ1n) is 8.21. The first-order valence-corrected chi connectivity index (χ1v) is 9.44. The molecule has 0 saturated heterocycles. The second-order valence-electron chi connectivity index (χ2n) is 6.51. The molecule has 1 saturated carbocycles. The molecule has 1 aliphatic carbocycles. The third-order valence-corrected chi connectivity index (χ3v) is 5.34. The molecule has 124 valence electrons. The average Bonchev–Trinajstić information content (AvgIpc) is 3.18. The summed E-state index contributed by atoms with van der Waals surface area (Å²) >= 11 is 1.86. The molecule has 2 N–H and O–H groups in total. The maximum atomic E-state index is 5.38. The largest absolute Gasteiger partial charge is 0.469 e. The van der Waals surface area contributed by atoms with E-state index in [1.807, 2.05) is 23.9 Å². The zero-order valence-corrected chi connectivity index (χ0v) is 14.8. The van der Waals surface area contributed by atoms with Gasteiger partial charge in [0, 0.05) is 23.8 Å². The molecule has 1 fully saturated rings. The van der Waals surface area contributed by atoms with Crippen molar-refractivity contribution in [2.45, 2.75) is 56.7 Å². The molecule has 0 spiro atoms. The maximum absolute atomic E-state index is 5.38. The Morgan fingerprint density at radius 1 is 1.41 bits per heavy atom. The van der Waals surface area contributed by atoms with Crippen LogP contribution >= 0.6 is 11.8 Å². The van der Waals surface area contributed by atoms with Gasteiger partial charge in [0.1, 0.15) is 5.76 Å². The molecular formula is C17H29N3OS. The lowest BCUT2D eigenvalue weighted by Crippen LogP contribution is -2.43. The summed E-state index contributed by atoms with van der Waals surface area (Å²) in [5.74, 6) is 1.96. The highest BCUT2D eigenvalue weighted by molar-refractivity contribution is 7.99. The smallest absolute Gasteiger partial charge is 0.191 e. The zero-order valence-electron chi connectivity index (χ0n) is 14.0. The van der Waals surface area contributed by atoms with Crippen molar-refractivity contribution >= 4 is 17.7 Å². The highest BCUT2D eigenvalue weighted by Crippen LogP contribution is 2.21. The van der Waals surface area contributed by atoms with Crippen LogP contribution in [0.15, 0.2) is 27.8 Å². The number of guanidine groups is 1. The Balaban J connectivity index is 1.86. The van der Waals surface area contributed by atoms with E-state index in [1.165, 1.54) is 25.7 Å². The van der Waals surface area contributed by atoms with Crippen molar-refractivity contribution in [1.29, 1.82) is 0 Å². The second-order valence-corrected chi connectivity index (χ2v) is 8.02.